The molecule has 0 saturated heterocycles. The zero-order chi connectivity index (χ0) is 13.5. The van der Waals surface area contributed by atoms with E-state index in [1.54, 1.807) is 6.92 Å². The molecular weight excluding hydrogens is 238 g/mol. The Morgan fingerprint density at radius 3 is 2.94 bits per heavy atom. The molecule has 0 atom stereocenters. The van der Waals surface area contributed by atoms with Crippen LogP contribution in [0.4, 0.5) is 11.4 Å². The molecule has 0 bridgehead atoms. The summed E-state index contributed by atoms with van der Waals surface area (Å²) in [5, 5.41) is 10.6. The van der Waals surface area contributed by atoms with Crippen LogP contribution < -0.4 is 5.73 Å². The van der Waals surface area contributed by atoms with Gasteiger partial charge < -0.3 is 10.5 Å². The van der Waals surface area contributed by atoms with Crippen LogP contribution in [0, 0.1) is 10.1 Å². The number of nitrogens with zero attached hydrogens (tertiary/aromatic N) is 2. The average Bonchev–Trinajstić information content (AvgIpc) is 2.31. The number of esters is 1. The van der Waals surface area contributed by atoms with Gasteiger partial charge in [-0.15, -0.1) is 0 Å². The van der Waals surface area contributed by atoms with Gasteiger partial charge in [-0.05, 0) is 6.92 Å². The van der Waals surface area contributed by atoms with Crippen LogP contribution in [0.3, 0.4) is 0 Å². The summed E-state index contributed by atoms with van der Waals surface area (Å²) in [6, 6.07) is 0. The first kappa shape index (κ1) is 13.6. The van der Waals surface area contributed by atoms with E-state index in [4.69, 9.17) is 10.5 Å². The second-order valence-electron chi connectivity index (χ2n) is 3.33. The fraction of sp³-hybridized carbons (Fsp3) is 0.273. The van der Waals surface area contributed by atoms with Crippen molar-refractivity contribution in [3.05, 3.63) is 34.1 Å². The molecule has 0 saturated carbocycles. The summed E-state index contributed by atoms with van der Waals surface area (Å²) in [7, 11) is 0. The molecule has 0 fully saturated rings. The molecule has 1 aromatic heterocycles. The van der Waals surface area contributed by atoms with Gasteiger partial charge in [0.15, 0.2) is 0 Å². The summed E-state index contributed by atoms with van der Waals surface area (Å²) in [5.41, 5.74) is 5.77. The van der Waals surface area contributed by atoms with Crippen LogP contribution in [0.5, 0.6) is 0 Å². The molecule has 1 aromatic rings. The van der Waals surface area contributed by atoms with E-state index in [9.17, 15) is 14.9 Å². The minimum Gasteiger partial charge on any atom is -0.466 e. The Hall–Kier alpha value is -2.44. The first-order chi connectivity index (χ1) is 8.56. The van der Waals surface area contributed by atoms with Crippen molar-refractivity contribution in [2.45, 2.75) is 13.3 Å². The van der Waals surface area contributed by atoms with Gasteiger partial charge in [-0.1, -0.05) is 12.2 Å². The van der Waals surface area contributed by atoms with E-state index in [1.165, 1.54) is 18.3 Å². The molecule has 1 heterocycles. The lowest BCUT2D eigenvalue weighted by molar-refractivity contribution is -0.384. The number of carbonyl (C=O) groups is 1. The van der Waals surface area contributed by atoms with E-state index in [1.807, 2.05) is 0 Å². The van der Waals surface area contributed by atoms with E-state index in [-0.39, 0.29) is 23.8 Å². The summed E-state index contributed by atoms with van der Waals surface area (Å²) in [6.07, 6.45) is 5.58. The average molecular weight is 251 g/mol. The van der Waals surface area contributed by atoms with Crippen LogP contribution >= 0.6 is 0 Å². The monoisotopic (exact) mass is 251 g/mol. The minimum atomic E-state index is -0.606. The van der Waals surface area contributed by atoms with Gasteiger partial charge in [-0.25, -0.2) is 0 Å². The third-order valence-corrected chi connectivity index (χ3v) is 2.08. The number of hydrogen-bond acceptors (Lipinski definition) is 6. The van der Waals surface area contributed by atoms with E-state index < -0.39 is 4.92 Å². The quantitative estimate of drug-likeness (QED) is 0.483. The van der Waals surface area contributed by atoms with Crippen molar-refractivity contribution in [3.63, 3.8) is 0 Å². The van der Waals surface area contributed by atoms with Crippen LogP contribution in [-0.2, 0) is 9.53 Å². The Morgan fingerprint density at radius 2 is 2.33 bits per heavy atom. The van der Waals surface area contributed by atoms with Crippen molar-refractivity contribution in [1.82, 2.24) is 4.98 Å². The molecule has 2 N–H and O–H groups in total. The van der Waals surface area contributed by atoms with Crippen molar-refractivity contribution in [1.29, 1.82) is 0 Å². The smallest absolute Gasteiger partial charge is 0.310 e. The predicted molar refractivity (Wildman–Crippen MR) is 65.6 cm³/mol. The first-order valence-electron chi connectivity index (χ1n) is 5.26. The van der Waals surface area contributed by atoms with Crippen molar-refractivity contribution in [2.24, 2.45) is 0 Å². The summed E-state index contributed by atoms with van der Waals surface area (Å²) >= 11 is 0. The molecule has 7 nitrogen and oxygen atoms in total. The summed E-state index contributed by atoms with van der Waals surface area (Å²) in [4.78, 5) is 24.8. The number of rotatable bonds is 5. The molecule has 0 aromatic carbocycles. The molecule has 0 spiro atoms. The van der Waals surface area contributed by atoms with Gasteiger partial charge >= 0.3 is 11.7 Å². The SMILES string of the molecule is CCOC(=O)CC=Cc1cncc([N+](=O)[O-])c1N. The van der Waals surface area contributed by atoms with Crippen LogP contribution in [0.25, 0.3) is 6.08 Å². The number of pyridine rings is 1. The van der Waals surface area contributed by atoms with Crippen molar-refractivity contribution >= 4 is 23.4 Å². The molecule has 0 radical (unpaired) electrons. The maximum Gasteiger partial charge on any atom is 0.310 e. The molecule has 0 aliphatic heterocycles. The maximum atomic E-state index is 11.1. The fourth-order valence-electron chi connectivity index (χ4n) is 1.26. The van der Waals surface area contributed by atoms with E-state index >= 15 is 0 Å². The molecule has 18 heavy (non-hydrogen) atoms. The number of carbonyl (C=O) groups excluding carboxylic acids is 1. The number of hydrogen-bond donors (Lipinski definition) is 1. The van der Waals surface area contributed by atoms with Crippen LogP contribution in [0.1, 0.15) is 18.9 Å². The molecule has 0 aliphatic rings. The minimum absolute atomic E-state index is 0.0232. The number of nitrogen functional groups attached to an aromatic ring is 1. The maximum absolute atomic E-state index is 11.1. The van der Waals surface area contributed by atoms with Crippen molar-refractivity contribution < 1.29 is 14.5 Å². The number of ether oxygens (including phenoxy) is 1. The van der Waals surface area contributed by atoms with Crippen LogP contribution in [0.2, 0.25) is 0 Å². The summed E-state index contributed by atoms with van der Waals surface area (Å²) < 4.78 is 4.73. The Labute approximate surface area is 103 Å². The third kappa shape index (κ3) is 3.55. The highest BCUT2D eigenvalue weighted by Gasteiger charge is 2.13. The lowest BCUT2D eigenvalue weighted by Crippen LogP contribution is -2.01. The third-order valence-electron chi connectivity index (χ3n) is 2.08. The highest BCUT2D eigenvalue weighted by atomic mass is 16.6. The number of aromatic nitrogens is 1. The van der Waals surface area contributed by atoms with Gasteiger partial charge in [0.05, 0.1) is 18.0 Å². The van der Waals surface area contributed by atoms with Crippen LogP contribution in [-0.4, -0.2) is 22.5 Å². The Balaban J connectivity index is 2.79. The first-order valence-corrected chi connectivity index (χ1v) is 5.26. The zero-order valence-electron chi connectivity index (χ0n) is 9.83. The Morgan fingerprint density at radius 1 is 1.61 bits per heavy atom. The summed E-state index contributed by atoms with van der Waals surface area (Å²) in [5.74, 6) is -0.370. The van der Waals surface area contributed by atoms with Gasteiger partial charge in [0.1, 0.15) is 11.9 Å². The van der Waals surface area contributed by atoms with E-state index in [0.717, 1.165) is 6.20 Å². The molecule has 0 unspecified atom stereocenters. The largest absolute Gasteiger partial charge is 0.466 e. The number of nitrogens with two attached hydrogens (primary N) is 1. The van der Waals surface area contributed by atoms with Gasteiger partial charge in [-0.2, -0.15) is 0 Å². The van der Waals surface area contributed by atoms with Crippen molar-refractivity contribution in [3.8, 4) is 0 Å². The molecule has 96 valence electrons. The van der Waals surface area contributed by atoms with Crippen LogP contribution in [0.15, 0.2) is 18.5 Å². The van der Waals surface area contributed by atoms with Gasteiger partial charge in [0, 0.05) is 11.8 Å². The lowest BCUT2D eigenvalue weighted by Gasteiger charge is -2.00. The fourth-order valence-corrected chi connectivity index (χ4v) is 1.26. The normalized spacial score (nSPS) is 10.5. The lowest BCUT2D eigenvalue weighted by atomic mass is 10.2. The molecule has 7 heteroatoms. The standard InChI is InChI=1S/C11H13N3O4/c1-2-18-10(15)5-3-4-8-6-13-7-9(11(8)12)14(16)17/h3-4,6-7H,2,5H2,1H3,(H2,12,13). The Kier molecular flexibility index (Phi) is 4.79. The number of nitro groups is 1. The van der Waals surface area contributed by atoms with E-state index in [2.05, 4.69) is 4.98 Å². The topological polar surface area (TPSA) is 108 Å². The zero-order valence-corrected chi connectivity index (χ0v) is 9.83. The van der Waals surface area contributed by atoms with Gasteiger partial charge in [-0.3, -0.25) is 19.9 Å². The highest BCUT2D eigenvalue weighted by molar-refractivity contribution is 5.75. The van der Waals surface area contributed by atoms with E-state index in [0.29, 0.717) is 12.2 Å². The number of anilines is 1. The molecule has 0 amide bonds. The second-order valence-corrected chi connectivity index (χ2v) is 3.33. The van der Waals surface area contributed by atoms with Crippen molar-refractivity contribution in [2.75, 3.05) is 12.3 Å². The molecular formula is C11H13N3O4. The highest BCUT2D eigenvalue weighted by Crippen LogP contribution is 2.24. The predicted octanol–water partition coefficient (Wildman–Crippen LogP) is 1.54. The Bertz CT molecular complexity index is 485. The van der Waals surface area contributed by atoms with Gasteiger partial charge in [0.25, 0.3) is 0 Å². The summed E-state index contributed by atoms with van der Waals surface area (Å²) in [6.45, 7) is 2.03. The molecule has 1 rings (SSSR count). The second kappa shape index (κ2) is 6.33. The van der Waals surface area contributed by atoms with Gasteiger partial charge in [0.2, 0.25) is 0 Å². The molecule has 0 aliphatic carbocycles.